The molecule has 3 aliphatic rings. The molecule has 0 aromatic heterocycles. The van der Waals surface area contributed by atoms with E-state index in [0.29, 0.717) is 13.6 Å². The van der Waals surface area contributed by atoms with Crippen LogP contribution in [0.5, 0.6) is 11.5 Å². The van der Waals surface area contributed by atoms with Crippen molar-refractivity contribution in [2.45, 2.75) is 50.2 Å². The van der Waals surface area contributed by atoms with Gasteiger partial charge in [0.25, 0.3) is 0 Å². The topological polar surface area (TPSA) is 156 Å². The summed E-state index contributed by atoms with van der Waals surface area (Å²) >= 11 is 3.85. The van der Waals surface area contributed by atoms with Gasteiger partial charge in [0.1, 0.15) is 33.8 Å². The quantitative estimate of drug-likeness (QED) is 0.198. The highest BCUT2D eigenvalue weighted by Crippen LogP contribution is 2.59. The minimum Gasteiger partial charge on any atom is -0.744 e. The SMILES string of the molecule is Cc1cc(S(=O)(=O)[O-])c(C(C)C)cc1OC(=O)C1C2CC3C(OC(=O)C31)C2OC(=O)c1c(I)cc(O)cc1I. The molecule has 2 saturated carbocycles. The molecular weight excluding hydrogens is 758 g/mol. The van der Waals surface area contributed by atoms with Gasteiger partial charge in [0.2, 0.25) is 0 Å². The number of hydrogen-bond donors (Lipinski definition) is 1. The lowest BCUT2D eigenvalue weighted by molar-refractivity contribution is -0.149. The molecule has 1 heterocycles. The third-order valence-corrected chi connectivity index (χ3v) is 10.3. The number of halogens is 2. The maximum absolute atomic E-state index is 13.5. The number of phenols is 1. The van der Waals surface area contributed by atoms with Crippen LogP contribution in [0, 0.1) is 37.7 Å². The number of fused-ring (bicyclic) bond motifs is 1. The van der Waals surface area contributed by atoms with Gasteiger partial charge in [0.05, 0.1) is 22.3 Å². The zero-order valence-electron chi connectivity index (χ0n) is 20.8. The number of rotatable bonds is 6. The number of carbonyl (C=O) groups is 3. The van der Waals surface area contributed by atoms with Gasteiger partial charge in [-0.05, 0) is 99.8 Å². The first-order valence-electron chi connectivity index (χ1n) is 12.1. The lowest BCUT2D eigenvalue weighted by atomic mass is 9.78. The van der Waals surface area contributed by atoms with E-state index in [1.165, 1.54) is 31.2 Å². The van der Waals surface area contributed by atoms with Gasteiger partial charge in [-0.2, -0.15) is 0 Å². The second-order valence-corrected chi connectivity index (χ2v) is 14.0. The smallest absolute Gasteiger partial charge is 0.340 e. The first-order valence-corrected chi connectivity index (χ1v) is 15.7. The number of carbonyl (C=O) groups excluding carboxylic acids is 3. The Balaban J connectivity index is 1.43. The van der Waals surface area contributed by atoms with Gasteiger partial charge in [-0.1, -0.05) is 13.8 Å². The molecule has 6 atom stereocenters. The normalized spacial score (nSPS) is 27.1. The van der Waals surface area contributed by atoms with Crippen molar-refractivity contribution in [3.8, 4) is 11.5 Å². The minimum atomic E-state index is -4.75. The summed E-state index contributed by atoms with van der Waals surface area (Å²) < 4.78 is 53.4. The maximum Gasteiger partial charge on any atom is 0.340 e. The molecule has 39 heavy (non-hydrogen) atoms. The van der Waals surface area contributed by atoms with E-state index in [0.717, 1.165) is 0 Å². The van der Waals surface area contributed by atoms with Gasteiger partial charge in [-0.25, -0.2) is 13.2 Å². The highest BCUT2D eigenvalue weighted by Gasteiger charge is 2.70. The van der Waals surface area contributed by atoms with E-state index < -0.39 is 58.0 Å². The van der Waals surface area contributed by atoms with Crippen molar-refractivity contribution in [1.29, 1.82) is 0 Å². The standard InChI is InChI=1S/C26H24I2O10S/c1-9(2)12-8-17(10(3)4-18(12)39(33,34)35)36-24(30)19-13-7-14-20(19)25(31)37-22(14)23(13)38-26(32)21-15(27)5-11(29)6-16(21)28/h4-6,8-9,13-14,19-20,22-23,29H,7H2,1-3H3,(H,33,34,35)/p-1. The lowest BCUT2D eigenvalue weighted by Gasteiger charge is -2.30. The molecule has 13 heteroatoms. The Morgan fingerprint density at radius 1 is 1.13 bits per heavy atom. The monoisotopic (exact) mass is 781 g/mol. The fourth-order valence-corrected chi connectivity index (χ4v) is 9.12. The van der Waals surface area contributed by atoms with Crippen LogP contribution in [0.25, 0.3) is 0 Å². The van der Waals surface area contributed by atoms with Crippen LogP contribution in [0.1, 0.15) is 47.7 Å². The predicted molar refractivity (Wildman–Crippen MR) is 150 cm³/mol. The Kier molecular flexibility index (Phi) is 7.42. The Labute approximate surface area is 251 Å². The summed E-state index contributed by atoms with van der Waals surface area (Å²) in [5.74, 6) is -4.66. The van der Waals surface area contributed by atoms with Crippen LogP contribution in [-0.2, 0) is 29.2 Å². The van der Waals surface area contributed by atoms with Crippen LogP contribution in [0.15, 0.2) is 29.2 Å². The van der Waals surface area contributed by atoms with Crippen LogP contribution in [-0.4, -0.2) is 48.2 Å². The van der Waals surface area contributed by atoms with Crippen LogP contribution in [0.4, 0.5) is 0 Å². The molecule has 1 N–H and O–H groups in total. The minimum absolute atomic E-state index is 0.00690. The van der Waals surface area contributed by atoms with Crippen LogP contribution in [0.3, 0.4) is 0 Å². The Bertz CT molecular complexity index is 1500. The number of ether oxygens (including phenoxy) is 3. The Hall–Kier alpha value is -1.98. The van der Waals surface area contributed by atoms with Crippen molar-refractivity contribution < 1.29 is 46.7 Å². The van der Waals surface area contributed by atoms with Gasteiger partial charge < -0.3 is 23.9 Å². The molecule has 208 valence electrons. The number of esters is 3. The molecule has 0 amide bonds. The van der Waals surface area contributed by atoms with E-state index in [4.69, 9.17) is 14.2 Å². The van der Waals surface area contributed by atoms with E-state index >= 15 is 0 Å². The third-order valence-electron chi connectivity index (χ3n) is 7.70. The summed E-state index contributed by atoms with van der Waals surface area (Å²) in [4.78, 5) is 39.1. The van der Waals surface area contributed by atoms with Crippen molar-refractivity contribution in [2.24, 2.45) is 23.7 Å². The maximum atomic E-state index is 13.5. The van der Waals surface area contributed by atoms with Crippen molar-refractivity contribution in [2.75, 3.05) is 0 Å². The molecule has 2 aromatic carbocycles. The average molecular weight is 781 g/mol. The summed E-state index contributed by atoms with van der Waals surface area (Å²) in [6.07, 6.45) is -1.08. The Morgan fingerprint density at radius 3 is 2.36 bits per heavy atom. The number of phenolic OH excluding ortho intramolecular Hbond substituents is 1. The molecular formula is C26H23I2O10S-. The van der Waals surface area contributed by atoms with E-state index in [2.05, 4.69) is 0 Å². The van der Waals surface area contributed by atoms with Gasteiger partial charge in [0, 0.05) is 19.0 Å². The van der Waals surface area contributed by atoms with Crippen LogP contribution in [0.2, 0.25) is 0 Å². The molecule has 0 radical (unpaired) electrons. The van der Waals surface area contributed by atoms with E-state index in [9.17, 15) is 32.5 Å². The third kappa shape index (κ3) is 4.92. The first-order chi connectivity index (χ1) is 18.2. The van der Waals surface area contributed by atoms with Crippen LogP contribution < -0.4 is 4.74 Å². The van der Waals surface area contributed by atoms with Crippen molar-refractivity contribution >= 4 is 73.2 Å². The van der Waals surface area contributed by atoms with Gasteiger partial charge in [0.15, 0.2) is 0 Å². The fraction of sp³-hybridized carbons (Fsp3) is 0.423. The molecule has 3 fully saturated rings. The van der Waals surface area contributed by atoms with E-state index in [1.807, 2.05) is 45.2 Å². The molecule has 5 rings (SSSR count). The molecule has 0 spiro atoms. The highest BCUT2D eigenvalue weighted by molar-refractivity contribution is 14.1. The number of hydrogen-bond acceptors (Lipinski definition) is 10. The molecule has 6 unspecified atom stereocenters. The highest BCUT2D eigenvalue weighted by atomic mass is 127. The van der Waals surface area contributed by atoms with E-state index in [1.54, 1.807) is 13.8 Å². The zero-order valence-corrected chi connectivity index (χ0v) is 26.0. The van der Waals surface area contributed by atoms with Crippen molar-refractivity contribution in [3.63, 3.8) is 0 Å². The summed E-state index contributed by atoms with van der Waals surface area (Å²) in [5.41, 5.74) is 0.760. The van der Waals surface area contributed by atoms with Gasteiger partial charge >= 0.3 is 17.9 Å². The lowest BCUT2D eigenvalue weighted by Crippen LogP contribution is -2.44. The number of aryl methyl sites for hydroxylation is 1. The van der Waals surface area contributed by atoms with Crippen molar-refractivity contribution in [1.82, 2.24) is 0 Å². The Morgan fingerprint density at radius 2 is 1.77 bits per heavy atom. The van der Waals surface area contributed by atoms with Gasteiger partial charge in [-0.15, -0.1) is 0 Å². The summed E-state index contributed by atoms with van der Waals surface area (Å²) in [6, 6.07) is 5.43. The molecule has 1 aliphatic heterocycles. The summed E-state index contributed by atoms with van der Waals surface area (Å²) in [7, 11) is -4.75. The fourth-order valence-electron chi connectivity index (χ4n) is 6.04. The average Bonchev–Trinajstić information content (AvgIpc) is 3.42. The van der Waals surface area contributed by atoms with Gasteiger partial charge in [-0.3, -0.25) is 9.59 Å². The second-order valence-electron chi connectivity index (χ2n) is 10.4. The van der Waals surface area contributed by atoms with E-state index in [-0.39, 0.29) is 44.9 Å². The number of benzene rings is 2. The molecule has 2 bridgehead atoms. The zero-order chi connectivity index (χ0) is 28.5. The molecule has 1 saturated heterocycles. The first kappa shape index (κ1) is 28.5. The molecule has 10 nitrogen and oxygen atoms in total. The summed E-state index contributed by atoms with van der Waals surface area (Å²) in [6.45, 7) is 4.95. The number of aromatic hydroxyl groups is 1. The van der Waals surface area contributed by atoms with Crippen molar-refractivity contribution in [3.05, 3.63) is 48.1 Å². The molecule has 2 aromatic rings. The summed E-state index contributed by atoms with van der Waals surface area (Å²) in [5, 5.41) is 9.81. The predicted octanol–water partition coefficient (Wildman–Crippen LogP) is 3.88. The largest absolute Gasteiger partial charge is 0.744 e. The second kappa shape index (κ2) is 10.1. The molecule has 2 aliphatic carbocycles. The van der Waals surface area contributed by atoms with Crippen LogP contribution >= 0.6 is 45.2 Å².